The van der Waals surface area contributed by atoms with Crippen molar-refractivity contribution in [3.63, 3.8) is 0 Å². The highest BCUT2D eigenvalue weighted by molar-refractivity contribution is 9.39. The molecular weight excluding hydrogens is 373 g/mol. The topological polar surface area (TPSA) is 52.3 Å². The van der Waals surface area contributed by atoms with Gasteiger partial charge in [0.15, 0.2) is 0 Å². The monoisotopic (exact) mass is 411 g/mol. The molecule has 0 saturated carbocycles. The number of hydrogen-bond acceptors (Lipinski definition) is 2. The van der Waals surface area contributed by atoms with Gasteiger partial charge in [-0.1, -0.05) is 103 Å². The van der Waals surface area contributed by atoms with E-state index >= 15 is 0 Å². The molecule has 0 radical (unpaired) electrons. The van der Waals surface area contributed by atoms with Crippen molar-refractivity contribution < 1.29 is 9.09 Å². The van der Waals surface area contributed by atoms with Crippen molar-refractivity contribution in [2.45, 2.75) is 110 Å². The molecule has 3 nitrogen and oxygen atoms in total. The highest BCUT2D eigenvalue weighted by Gasteiger charge is 2.08. The van der Waals surface area contributed by atoms with Crippen molar-refractivity contribution in [2.75, 3.05) is 6.61 Å². The molecule has 0 aliphatic heterocycles. The van der Waals surface area contributed by atoms with Crippen molar-refractivity contribution >= 4 is 21.7 Å². The Bertz CT molecular complexity index is 284. The molecule has 2 N–H and O–H groups in total. The van der Waals surface area contributed by atoms with Gasteiger partial charge in [0.2, 0.25) is 0 Å². The van der Waals surface area contributed by atoms with Gasteiger partial charge >= 0.3 is 6.22 Å². The van der Waals surface area contributed by atoms with Crippen LogP contribution in [0.2, 0.25) is 0 Å². The highest BCUT2D eigenvalue weighted by atomic mass is 79.9. The van der Waals surface area contributed by atoms with Crippen molar-refractivity contribution in [3.8, 4) is 0 Å². The first-order valence-electron chi connectivity index (χ1n) is 9.79. The zero-order valence-electron chi connectivity index (χ0n) is 15.2. The molecule has 1 unspecified atom stereocenters. The molecule has 1 atom stereocenters. The van der Waals surface area contributed by atoms with Crippen molar-refractivity contribution in [1.29, 1.82) is 0 Å². The molecule has 0 bridgehead atoms. The average molecular weight is 412 g/mol. The van der Waals surface area contributed by atoms with Gasteiger partial charge in [-0.2, -0.15) is 0 Å². The zero-order chi connectivity index (χ0) is 17.2. The molecule has 0 aromatic carbocycles. The van der Waals surface area contributed by atoms with Gasteiger partial charge in [0.25, 0.3) is 0 Å². The third-order valence-electron chi connectivity index (χ3n) is 4.27. The Balaban J connectivity index is 3.01. The Morgan fingerprint density at radius 3 is 1.30 bits per heavy atom. The van der Waals surface area contributed by atoms with Crippen LogP contribution in [-0.4, -0.2) is 6.61 Å². The summed E-state index contributed by atoms with van der Waals surface area (Å²) in [5.41, 5.74) is 5.25. The lowest BCUT2D eigenvalue weighted by atomic mass is 10.0. The predicted molar refractivity (Wildman–Crippen MR) is 106 cm³/mol. The van der Waals surface area contributed by atoms with Crippen LogP contribution in [0.5, 0.6) is 0 Å². The third kappa shape index (κ3) is 22.6. The first-order chi connectivity index (χ1) is 11.1. The van der Waals surface area contributed by atoms with E-state index in [0.29, 0.717) is 6.61 Å². The maximum Gasteiger partial charge on any atom is 0.331 e. The van der Waals surface area contributed by atoms with Gasteiger partial charge < -0.3 is 4.52 Å². The van der Waals surface area contributed by atoms with Gasteiger partial charge in [-0.05, 0) is 6.42 Å². The summed E-state index contributed by atoms with van der Waals surface area (Å²) in [5.74, 6) is 0. The molecule has 0 aliphatic carbocycles. The van der Waals surface area contributed by atoms with Gasteiger partial charge in [0.1, 0.15) is 0 Å². The second-order valence-electron chi connectivity index (χ2n) is 6.66. The van der Waals surface area contributed by atoms with E-state index in [4.69, 9.17) is 10.0 Å². The van der Waals surface area contributed by atoms with E-state index in [2.05, 4.69) is 22.4 Å². The van der Waals surface area contributed by atoms with E-state index in [-0.39, 0.29) is 0 Å². The number of unbranched alkanes of at least 4 members (excludes halogenated alkanes) is 15. The summed E-state index contributed by atoms with van der Waals surface area (Å²) in [5, 5.41) is 0. The Morgan fingerprint density at radius 1 is 0.696 bits per heavy atom. The quantitative estimate of drug-likeness (QED) is 0.185. The van der Waals surface area contributed by atoms with Gasteiger partial charge in [0, 0.05) is 15.5 Å². The van der Waals surface area contributed by atoms with Crippen LogP contribution in [-0.2, 0) is 9.09 Å². The van der Waals surface area contributed by atoms with Crippen LogP contribution in [0.25, 0.3) is 0 Å². The number of halogens is 1. The molecule has 0 spiro atoms. The van der Waals surface area contributed by atoms with E-state index in [9.17, 15) is 4.57 Å². The molecule has 5 heteroatoms. The fourth-order valence-corrected chi connectivity index (χ4v) is 3.65. The molecule has 140 valence electrons. The molecule has 0 rings (SSSR count). The summed E-state index contributed by atoms with van der Waals surface area (Å²) in [6.45, 7) is 2.77. The largest absolute Gasteiger partial charge is 0.331 e. The summed E-state index contributed by atoms with van der Waals surface area (Å²) in [7, 11) is 0. The molecule has 0 aromatic heterocycles. The molecule has 0 amide bonds. The maximum atomic E-state index is 11.0. The van der Waals surface area contributed by atoms with Crippen LogP contribution >= 0.6 is 21.7 Å². The van der Waals surface area contributed by atoms with Crippen LogP contribution in [0.4, 0.5) is 0 Å². The van der Waals surface area contributed by atoms with E-state index < -0.39 is 6.22 Å². The number of hydrogen-bond donors (Lipinski definition) is 1. The van der Waals surface area contributed by atoms with Crippen molar-refractivity contribution in [1.82, 2.24) is 0 Å². The molecular formula is C18H39BrNO2P. The minimum atomic E-state index is -2.94. The molecule has 0 fully saturated rings. The molecule has 0 aliphatic rings. The number of nitrogens with two attached hydrogens (primary N) is 1. The first-order valence-corrected chi connectivity index (χ1v) is 13.5. The average Bonchev–Trinajstić information content (AvgIpc) is 2.49. The van der Waals surface area contributed by atoms with Crippen molar-refractivity contribution in [3.05, 3.63) is 0 Å². The predicted octanol–water partition coefficient (Wildman–Crippen LogP) is 7.73. The van der Waals surface area contributed by atoms with Gasteiger partial charge in [0.05, 0.1) is 6.61 Å². The highest BCUT2D eigenvalue weighted by Crippen LogP contribution is 2.46. The summed E-state index contributed by atoms with van der Waals surface area (Å²) >= 11 is 2.84. The zero-order valence-corrected chi connectivity index (χ0v) is 17.7. The van der Waals surface area contributed by atoms with Crippen LogP contribution in [0.15, 0.2) is 0 Å². The second-order valence-corrected chi connectivity index (χ2v) is 10.9. The lowest BCUT2D eigenvalue weighted by Crippen LogP contribution is -1.95. The first kappa shape index (κ1) is 23.6. The fraction of sp³-hybridized carbons (Fsp3) is 1.00. The second kappa shape index (κ2) is 17.5. The molecule has 0 aromatic rings. The molecule has 0 saturated heterocycles. The van der Waals surface area contributed by atoms with Gasteiger partial charge in [-0.15, -0.1) is 0 Å². The standard InChI is InChI=1S/C18H39BrNO2P/c1-2-3-4-5-6-7-8-9-10-11-12-13-14-15-16-17-18-22-23(19,20)21/h2-18H2,1H3,(H2,20,21). The van der Waals surface area contributed by atoms with Gasteiger partial charge in [-0.25, -0.2) is 0 Å². The summed E-state index contributed by atoms with van der Waals surface area (Å²) in [6, 6.07) is 0. The van der Waals surface area contributed by atoms with Gasteiger partial charge in [-0.3, -0.25) is 10.1 Å². The van der Waals surface area contributed by atoms with E-state index in [0.717, 1.165) is 12.8 Å². The smallest absolute Gasteiger partial charge is 0.310 e. The summed E-state index contributed by atoms with van der Waals surface area (Å²) < 4.78 is 16.0. The van der Waals surface area contributed by atoms with Crippen molar-refractivity contribution in [2.24, 2.45) is 5.50 Å². The molecule has 23 heavy (non-hydrogen) atoms. The molecule has 0 heterocycles. The number of rotatable bonds is 18. The fourth-order valence-electron chi connectivity index (χ4n) is 2.84. The lowest BCUT2D eigenvalue weighted by molar-refractivity contribution is 0.313. The third-order valence-corrected chi connectivity index (χ3v) is 5.41. The van der Waals surface area contributed by atoms with Crippen LogP contribution in [0.3, 0.4) is 0 Å². The van der Waals surface area contributed by atoms with Crippen LogP contribution in [0, 0.1) is 0 Å². The SMILES string of the molecule is CCCCCCCCCCCCCCCCCCOP(N)(=O)Br. The van der Waals surface area contributed by atoms with Crippen LogP contribution < -0.4 is 5.50 Å². The normalized spacial score (nSPS) is 14.0. The van der Waals surface area contributed by atoms with Crippen LogP contribution in [0.1, 0.15) is 110 Å². The Hall–Kier alpha value is 0.630. The van der Waals surface area contributed by atoms with E-state index in [1.807, 2.05) is 0 Å². The lowest BCUT2D eigenvalue weighted by Gasteiger charge is -2.06. The maximum absolute atomic E-state index is 11.0. The minimum Gasteiger partial charge on any atom is -0.310 e. The minimum absolute atomic E-state index is 0.497. The summed E-state index contributed by atoms with van der Waals surface area (Å²) in [4.78, 5) is 0. The Kier molecular flexibility index (Phi) is 17.9. The summed E-state index contributed by atoms with van der Waals surface area (Å²) in [6.07, 6.45) is 18.6. The van der Waals surface area contributed by atoms with E-state index in [1.54, 1.807) is 0 Å². The van der Waals surface area contributed by atoms with E-state index in [1.165, 1.54) is 89.9 Å². The Morgan fingerprint density at radius 2 is 1.00 bits per heavy atom. The Labute approximate surface area is 152 Å².